The van der Waals surface area contributed by atoms with Crippen molar-refractivity contribution in [2.45, 2.75) is 31.8 Å². The first-order valence-corrected chi connectivity index (χ1v) is 6.06. The Balaban J connectivity index is 2.12. The number of rotatable bonds is 4. The number of hydrogen-bond acceptors (Lipinski definition) is 2. The molecule has 1 aliphatic heterocycles. The van der Waals surface area contributed by atoms with E-state index in [0.717, 1.165) is 18.9 Å². The van der Waals surface area contributed by atoms with Gasteiger partial charge in [0.1, 0.15) is 5.82 Å². The zero-order valence-corrected chi connectivity index (χ0v) is 10.2. The first kappa shape index (κ1) is 13.9. The largest absolute Gasteiger partial charge is 0.481 e. The standard InChI is InChI=1S/C13H14F3NO2/c14-10-6-12(16)11(15)4-8(10)7-17-3-1-2-9(17)5-13(18)19/h4,6,9H,1-3,5,7H2,(H,18,19). The summed E-state index contributed by atoms with van der Waals surface area (Å²) in [7, 11) is 0. The summed E-state index contributed by atoms with van der Waals surface area (Å²) in [5, 5.41) is 8.78. The maximum absolute atomic E-state index is 13.5. The Morgan fingerprint density at radius 1 is 1.26 bits per heavy atom. The summed E-state index contributed by atoms with van der Waals surface area (Å²) in [6.45, 7) is 0.733. The molecule has 1 aliphatic rings. The second-order valence-corrected chi connectivity index (χ2v) is 4.72. The molecule has 0 aliphatic carbocycles. The molecule has 1 saturated heterocycles. The molecule has 0 amide bonds. The predicted octanol–water partition coefficient (Wildman–Crippen LogP) is 2.54. The fraction of sp³-hybridized carbons (Fsp3) is 0.462. The zero-order chi connectivity index (χ0) is 14.0. The van der Waals surface area contributed by atoms with Crippen molar-refractivity contribution in [2.24, 2.45) is 0 Å². The molecule has 1 heterocycles. The van der Waals surface area contributed by atoms with Gasteiger partial charge >= 0.3 is 5.97 Å². The van der Waals surface area contributed by atoms with Crippen LogP contribution in [0.25, 0.3) is 0 Å². The fourth-order valence-corrected chi connectivity index (χ4v) is 2.44. The summed E-state index contributed by atoms with van der Waals surface area (Å²) in [6, 6.07) is 1.18. The molecule has 0 aromatic heterocycles. The van der Waals surface area contributed by atoms with Crippen LogP contribution in [0.4, 0.5) is 13.2 Å². The number of carbonyl (C=O) groups is 1. The lowest BCUT2D eigenvalue weighted by molar-refractivity contribution is -0.138. The van der Waals surface area contributed by atoms with Crippen molar-refractivity contribution < 1.29 is 23.1 Å². The Bertz CT molecular complexity index is 493. The van der Waals surface area contributed by atoms with Gasteiger partial charge < -0.3 is 5.11 Å². The van der Waals surface area contributed by atoms with Crippen molar-refractivity contribution in [2.75, 3.05) is 6.54 Å². The van der Waals surface area contributed by atoms with E-state index in [4.69, 9.17) is 5.11 Å². The van der Waals surface area contributed by atoms with Gasteiger partial charge in [0, 0.05) is 24.2 Å². The van der Waals surface area contributed by atoms with E-state index < -0.39 is 23.4 Å². The maximum Gasteiger partial charge on any atom is 0.304 e. The predicted molar refractivity (Wildman–Crippen MR) is 62.0 cm³/mol. The zero-order valence-electron chi connectivity index (χ0n) is 10.2. The maximum atomic E-state index is 13.5. The van der Waals surface area contributed by atoms with Gasteiger partial charge in [-0.05, 0) is 25.5 Å². The van der Waals surface area contributed by atoms with Crippen molar-refractivity contribution in [1.29, 1.82) is 0 Å². The molecule has 1 N–H and O–H groups in total. The van der Waals surface area contributed by atoms with E-state index in [1.807, 2.05) is 0 Å². The third-order valence-electron chi connectivity index (χ3n) is 3.37. The highest BCUT2D eigenvalue weighted by Crippen LogP contribution is 2.24. The van der Waals surface area contributed by atoms with Crippen LogP contribution in [0.3, 0.4) is 0 Å². The van der Waals surface area contributed by atoms with Crippen molar-refractivity contribution in [1.82, 2.24) is 4.90 Å². The Kier molecular flexibility index (Phi) is 4.09. The number of nitrogens with zero attached hydrogens (tertiary/aromatic N) is 1. The van der Waals surface area contributed by atoms with Gasteiger partial charge in [0.05, 0.1) is 6.42 Å². The molecule has 1 fully saturated rings. The van der Waals surface area contributed by atoms with E-state index in [-0.39, 0.29) is 24.6 Å². The minimum absolute atomic E-state index is 0.0225. The molecule has 2 rings (SSSR count). The highest BCUT2D eigenvalue weighted by atomic mass is 19.2. The number of carboxylic acid groups (broad SMARTS) is 1. The average Bonchev–Trinajstić information content (AvgIpc) is 2.72. The van der Waals surface area contributed by atoms with Crippen LogP contribution in [-0.2, 0) is 11.3 Å². The summed E-state index contributed by atoms with van der Waals surface area (Å²) in [6.07, 6.45) is 1.52. The van der Waals surface area contributed by atoms with Crippen molar-refractivity contribution in [3.05, 3.63) is 35.1 Å². The summed E-state index contributed by atoms with van der Waals surface area (Å²) < 4.78 is 39.4. The first-order valence-electron chi connectivity index (χ1n) is 6.06. The van der Waals surface area contributed by atoms with Crippen molar-refractivity contribution >= 4 is 5.97 Å². The number of benzene rings is 1. The molecule has 6 heteroatoms. The van der Waals surface area contributed by atoms with E-state index in [9.17, 15) is 18.0 Å². The lowest BCUT2D eigenvalue weighted by Gasteiger charge is -2.23. The van der Waals surface area contributed by atoms with Crippen molar-refractivity contribution in [3.8, 4) is 0 Å². The van der Waals surface area contributed by atoms with Crippen molar-refractivity contribution in [3.63, 3.8) is 0 Å². The van der Waals surface area contributed by atoms with Gasteiger partial charge in [0.25, 0.3) is 0 Å². The number of carboxylic acids is 1. The molecule has 1 aromatic carbocycles. The van der Waals surface area contributed by atoms with Gasteiger partial charge in [-0.2, -0.15) is 0 Å². The lowest BCUT2D eigenvalue weighted by atomic mass is 10.1. The molecular formula is C13H14F3NO2. The quantitative estimate of drug-likeness (QED) is 0.857. The Hall–Kier alpha value is -1.56. The molecule has 3 nitrogen and oxygen atoms in total. The average molecular weight is 273 g/mol. The molecule has 0 radical (unpaired) electrons. The summed E-state index contributed by atoms with van der Waals surface area (Å²) >= 11 is 0. The summed E-state index contributed by atoms with van der Waals surface area (Å²) in [5.74, 6) is -4.03. The van der Waals surface area contributed by atoms with E-state index >= 15 is 0 Å². The number of halogens is 3. The minimum atomic E-state index is -1.22. The fourth-order valence-electron chi connectivity index (χ4n) is 2.44. The Labute approximate surface area is 108 Å². The number of hydrogen-bond donors (Lipinski definition) is 1. The van der Waals surface area contributed by atoms with E-state index in [1.165, 1.54) is 0 Å². The van der Waals surface area contributed by atoms with Crippen LogP contribution >= 0.6 is 0 Å². The second-order valence-electron chi connectivity index (χ2n) is 4.72. The summed E-state index contributed by atoms with van der Waals surface area (Å²) in [4.78, 5) is 12.5. The van der Waals surface area contributed by atoms with Crippen LogP contribution < -0.4 is 0 Å². The van der Waals surface area contributed by atoms with Gasteiger partial charge in [0.15, 0.2) is 11.6 Å². The van der Waals surface area contributed by atoms with Crippen LogP contribution in [0, 0.1) is 17.5 Å². The van der Waals surface area contributed by atoms with E-state index in [1.54, 1.807) is 4.90 Å². The van der Waals surface area contributed by atoms with Gasteiger partial charge in [-0.15, -0.1) is 0 Å². The number of likely N-dealkylation sites (tertiary alicyclic amines) is 1. The van der Waals surface area contributed by atoms with Crippen LogP contribution in [-0.4, -0.2) is 28.6 Å². The molecule has 1 atom stereocenters. The van der Waals surface area contributed by atoms with Crippen LogP contribution in [0.1, 0.15) is 24.8 Å². The van der Waals surface area contributed by atoms with Crippen LogP contribution in [0.5, 0.6) is 0 Å². The highest BCUT2D eigenvalue weighted by molar-refractivity contribution is 5.67. The van der Waals surface area contributed by atoms with E-state index in [2.05, 4.69) is 0 Å². The van der Waals surface area contributed by atoms with Crippen LogP contribution in [0.15, 0.2) is 12.1 Å². The van der Waals surface area contributed by atoms with Gasteiger partial charge in [-0.3, -0.25) is 9.69 Å². The third kappa shape index (κ3) is 3.26. The van der Waals surface area contributed by atoms with Gasteiger partial charge in [-0.1, -0.05) is 0 Å². The molecule has 19 heavy (non-hydrogen) atoms. The highest BCUT2D eigenvalue weighted by Gasteiger charge is 2.27. The Morgan fingerprint density at radius 3 is 2.63 bits per heavy atom. The first-order chi connectivity index (χ1) is 8.97. The molecular weight excluding hydrogens is 259 g/mol. The van der Waals surface area contributed by atoms with Gasteiger partial charge in [-0.25, -0.2) is 13.2 Å². The normalized spacial score (nSPS) is 19.8. The SMILES string of the molecule is O=C(O)CC1CCCN1Cc1cc(F)c(F)cc1F. The Morgan fingerprint density at radius 2 is 1.95 bits per heavy atom. The number of aliphatic carboxylic acids is 1. The second kappa shape index (κ2) is 5.61. The third-order valence-corrected chi connectivity index (χ3v) is 3.37. The molecule has 1 unspecified atom stereocenters. The monoisotopic (exact) mass is 273 g/mol. The molecule has 1 aromatic rings. The smallest absolute Gasteiger partial charge is 0.304 e. The minimum Gasteiger partial charge on any atom is -0.481 e. The van der Waals surface area contributed by atoms with Crippen LogP contribution in [0.2, 0.25) is 0 Å². The topological polar surface area (TPSA) is 40.5 Å². The molecule has 104 valence electrons. The lowest BCUT2D eigenvalue weighted by Crippen LogP contribution is -2.31. The van der Waals surface area contributed by atoms with Gasteiger partial charge in [0.2, 0.25) is 0 Å². The molecule has 0 saturated carbocycles. The summed E-state index contributed by atoms with van der Waals surface area (Å²) in [5.41, 5.74) is 0.0520. The van der Waals surface area contributed by atoms with E-state index in [0.29, 0.717) is 12.6 Å². The molecule has 0 bridgehead atoms. The molecule has 0 spiro atoms.